The highest BCUT2D eigenvalue weighted by atomic mass is 32.2. The molecule has 3 rings (SSSR count). The van der Waals surface area contributed by atoms with Crippen molar-refractivity contribution >= 4 is 29.1 Å². The molecule has 9 heteroatoms. The van der Waals surface area contributed by atoms with Crippen LogP contribution in [0.1, 0.15) is 17.2 Å². The lowest BCUT2D eigenvalue weighted by Crippen LogP contribution is -2.40. The van der Waals surface area contributed by atoms with Crippen LogP contribution in [0.15, 0.2) is 47.5 Å². The Balaban J connectivity index is 1.82. The number of fused-ring (bicyclic) bond motifs is 1. The SMILES string of the molecule is N#CC(C(=O)CN1C(=O)CSc2ccccc21)c1ccc(C(F)(F)F)cn1. The molecule has 138 valence electrons. The zero-order chi connectivity index (χ0) is 19.6. The molecule has 1 aromatic carbocycles. The number of para-hydroxylation sites is 1. The average Bonchev–Trinajstić information content (AvgIpc) is 2.64. The first-order chi connectivity index (χ1) is 12.8. The Morgan fingerprint density at radius 1 is 1.30 bits per heavy atom. The Hall–Kier alpha value is -2.86. The molecule has 2 heterocycles. The van der Waals surface area contributed by atoms with E-state index in [0.717, 1.165) is 17.0 Å². The van der Waals surface area contributed by atoms with Crippen LogP contribution < -0.4 is 4.90 Å². The van der Waals surface area contributed by atoms with Gasteiger partial charge in [0.1, 0.15) is 5.92 Å². The number of Topliss-reactive ketones (excluding diaryl/α,β-unsaturated/α-hetero) is 1. The third-order valence-electron chi connectivity index (χ3n) is 3.98. The molecule has 1 amide bonds. The van der Waals surface area contributed by atoms with Crippen LogP contribution in [0.5, 0.6) is 0 Å². The minimum Gasteiger partial charge on any atom is -0.303 e. The number of aromatic nitrogens is 1. The molecule has 1 atom stereocenters. The zero-order valence-corrected chi connectivity index (χ0v) is 14.5. The Labute approximate surface area is 156 Å². The number of nitriles is 1. The van der Waals surface area contributed by atoms with Crippen molar-refractivity contribution < 1.29 is 22.8 Å². The number of ketones is 1. The monoisotopic (exact) mass is 391 g/mol. The van der Waals surface area contributed by atoms with Crippen LogP contribution in [0.3, 0.4) is 0 Å². The second-order valence-electron chi connectivity index (χ2n) is 5.73. The number of hydrogen-bond donors (Lipinski definition) is 0. The minimum absolute atomic E-state index is 0.0809. The summed E-state index contributed by atoms with van der Waals surface area (Å²) in [6.45, 7) is -0.350. The molecule has 1 aliphatic heterocycles. The maximum absolute atomic E-state index is 12.6. The first kappa shape index (κ1) is 18.9. The van der Waals surface area contributed by atoms with E-state index in [1.165, 1.54) is 16.7 Å². The highest BCUT2D eigenvalue weighted by molar-refractivity contribution is 8.00. The summed E-state index contributed by atoms with van der Waals surface area (Å²) >= 11 is 1.36. The average molecular weight is 391 g/mol. The van der Waals surface area contributed by atoms with Crippen molar-refractivity contribution in [2.45, 2.75) is 17.0 Å². The van der Waals surface area contributed by atoms with Gasteiger partial charge >= 0.3 is 6.18 Å². The third kappa shape index (κ3) is 3.95. The molecule has 0 saturated carbocycles. The van der Waals surface area contributed by atoms with Gasteiger partial charge in [0, 0.05) is 11.1 Å². The Morgan fingerprint density at radius 3 is 2.67 bits per heavy atom. The van der Waals surface area contributed by atoms with Crippen molar-refractivity contribution in [2.24, 2.45) is 0 Å². The largest absolute Gasteiger partial charge is 0.417 e. The fourth-order valence-electron chi connectivity index (χ4n) is 2.62. The summed E-state index contributed by atoms with van der Waals surface area (Å²) in [5, 5.41) is 9.33. The number of benzene rings is 1. The summed E-state index contributed by atoms with van der Waals surface area (Å²) in [6, 6.07) is 10.6. The van der Waals surface area contributed by atoms with Gasteiger partial charge in [0.05, 0.1) is 35.3 Å². The van der Waals surface area contributed by atoms with Gasteiger partial charge in [-0.2, -0.15) is 18.4 Å². The lowest BCUT2D eigenvalue weighted by molar-refractivity contribution is -0.137. The second kappa shape index (κ2) is 7.40. The van der Waals surface area contributed by atoms with Crippen LogP contribution in [0.25, 0.3) is 0 Å². The molecule has 27 heavy (non-hydrogen) atoms. The number of hydrogen-bond acceptors (Lipinski definition) is 5. The number of halogens is 3. The summed E-state index contributed by atoms with van der Waals surface area (Å²) in [4.78, 5) is 30.6. The fourth-order valence-corrected chi connectivity index (χ4v) is 3.56. The topological polar surface area (TPSA) is 74.1 Å². The van der Waals surface area contributed by atoms with Crippen LogP contribution in [0.2, 0.25) is 0 Å². The molecule has 1 aromatic heterocycles. The van der Waals surface area contributed by atoms with Crippen molar-refractivity contribution in [1.29, 1.82) is 5.26 Å². The molecule has 2 aromatic rings. The number of pyridine rings is 1. The number of alkyl halides is 3. The summed E-state index contributed by atoms with van der Waals surface area (Å²) in [5.74, 6) is -2.08. The molecule has 1 unspecified atom stereocenters. The van der Waals surface area contributed by atoms with Gasteiger partial charge in [0.2, 0.25) is 5.91 Å². The molecule has 0 radical (unpaired) electrons. The maximum Gasteiger partial charge on any atom is 0.417 e. The van der Waals surface area contributed by atoms with Gasteiger partial charge in [-0.25, -0.2) is 0 Å². The smallest absolute Gasteiger partial charge is 0.303 e. The van der Waals surface area contributed by atoms with Gasteiger partial charge in [-0.15, -0.1) is 11.8 Å². The number of carbonyl (C=O) groups excluding carboxylic acids is 2. The van der Waals surface area contributed by atoms with Crippen LogP contribution in [0, 0.1) is 11.3 Å². The van der Waals surface area contributed by atoms with Crippen molar-refractivity contribution in [3.8, 4) is 6.07 Å². The van der Waals surface area contributed by atoms with E-state index in [2.05, 4.69) is 4.98 Å². The minimum atomic E-state index is -4.56. The predicted molar refractivity (Wildman–Crippen MR) is 92.1 cm³/mol. The van der Waals surface area contributed by atoms with Gasteiger partial charge in [-0.05, 0) is 24.3 Å². The molecule has 0 N–H and O–H groups in total. The highest BCUT2D eigenvalue weighted by Crippen LogP contribution is 2.35. The van der Waals surface area contributed by atoms with E-state index in [4.69, 9.17) is 0 Å². The molecule has 0 bridgehead atoms. The van der Waals surface area contributed by atoms with Crippen LogP contribution in [0.4, 0.5) is 18.9 Å². The second-order valence-corrected chi connectivity index (χ2v) is 6.75. The Bertz CT molecular complexity index is 923. The first-order valence-electron chi connectivity index (χ1n) is 7.79. The molecular formula is C18H12F3N3O2S. The first-order valence-corrected chi connectivity index (χ1v) is 8.77. The summed E-state index contributed by atoms with van der Waals surface area (Å²) < 4.78 is 37.9. The van der Waals surface area contributed by atoms with Crippen LogP contribution >= 0.6 is 11.8 Å². The van der Waals surface area contributed by atoms with E-state index < -0.39 is 23.4 Å². The number of amides is 1. The lowest BCUT2D eigenvalue weighted by Gasteiger charge is -2.28. The molecular weight excluding hydrogens is 379 g/mol. The Kier molecular flexibility index (Phi) is 5.19. The number of nitrogens with zero attached hydrogens (tertiary/aromatic N) is 3. The third-order valence-corrected chi connectivity index (χ3v) is 5.03. The molecule has 5 nitrogen and oxygen atoms in total. The van der Waals surface area contributed by atoms with Crippen molar-refractivity contribution in [2.75, 3.05) is 17.2 Å². The van der Waals surface area contributed by atoms with E-state index in [-0.39, 0.29) is 23.9 Å². The molecule has 0 fully saturated rings. The van der Waals surface area contributed by atoms with Gasteiger partial charge in [-0.1, -0.05) is 12.1 Å². The van der Waals surface area contributed by atoms with Crippen molar-refractivity contribution in [3.05, 3.63) is 53.9 Å². The van der Waals surface area contributed by atoms with Crippen LogP contribution in [-0.2, 0) is 15.8 Å². The Morgan fingerprint density at radius 2 is 2.04 bits per heavy atom. The van der Waals surface area contributed by atoms with Crippen molar-refractivity contribution in [1.82, 2.24) is 4.98 Å². The van der Waals surface area contributed by atoms with E-state index in [1.807, 2.05) is 12.1 Å². The van der Waals surface area contributed by atoms with E-state index >= 15 is 0 Å². The number of anilines is 1. The van der Waals surface area contributed by atoms with E-state index in [0.29, 0.717) is 11.9 Å². The standard InChI is InChI=1S/C18H12F3N3O2S/c19-18(20,21)11-5-6-13(23-8-11)12(7-22)15(25)9-24-14-3-1-2-4-16(14)27-10-17(24)26/h1-6,8,12H,9-10H2. The summed E-state index contributed by atoms with van der Waals surface area (Å²) in [7, 11) is 0. The zero-order valence-electron chi connectivity index (χ0n) is 13.7. The molecule has 0 saturated heterocycles. The summed E-state index contributed by atoms with van der Waals surface area (Å²) in [6.07, 6.45) is -3.97. The predicted octanol–water partition coefficient (Wildman–Crippen LogP) is 3.42. The highest BCUT2D eigenvalue weighted by Gasteiger charge is 2.33. The fraction of sp³-hybridized carbons (Fsp3) is 0.222. The molecule has 0 aliphatic carbocycles. The van der Waals surface area contributed by atoms with Gasteiger partial charge in [-0.3, -0.25) is 14.6 Å². The van der Waals surface area contributed by atoms with Gasteiger partial charge in [0.25, 0.3) is 0 Å². The van der Waals surface area contributed by atoms with Crippen molar-refractivity contribution in [3.63, 3.8) is 0 Å². The number of carbonyl (C=O) groups is 2. The number of thioether (sulfide) groups is 1. The normalized spacial score (nSPS) is 15.0. The van der Waals surface area contributed by atoms with Crippen LogP contribution in [-0.4, -0.2) is 29.0 Å². The van der Waals surface area contributed by atoms with Gasteiger partial charge < -0.3 is 4.90 Å². The lowest BCUT2D eigenvalue weighted by atomic mass is 10.00. The van der Waals surface area contributed by atoms with Gasteiger partial charge in [0.15, 0.2) is 5.78 Å². The van der Waals surface area contributed by atoms with E-state index in [1.54, 1.807) is 18.2 Å². The molecule has 1 aliphatic rings. The summed E-state index contributed by atoms with van der Waals surface area (Å²) in [5.41, 5.74) is -0.473. The molecule has 0 spiro atoms. The number of rotatable bonds is 4. The van der Waals surface area contributed by atoms with E-state index in [9.17, 15) is 28.0 Å². The maximum atomic E-state index is 12.6. The quantitative estimate of drug-likeness (QED) is 0.799.